The molecule has 0 saturated heterocycles. The predicted molar refractivity (Wildman–Crippen MR) is 73.2 cm³/mol. The molecule has 0 fully saturated rings. The number of rotatable bonds is 12. The fraction of sp³-hybridized carbons (Fsp3) is 0.846. The third-order valence-electron chi connectivity index (χ3n) is 2.51. The zero-order valence-electron chi connectivity index (χ0n) is 11.3. The van der Waals surface area contributed by atoms with Gasteiger partial charge in [-0.1, -0.05) is 32.1 Å². The van der Waals surface area contributed by atoms with Crippen LogP contribution in [0.2, 0.25) is 0 Å². The smallest absolute Gasteiger partial charge is 0.302 e. The lowest BCUT2D eigenvalue weighted by Crippen LogP contribution is -1.96. The number of hydrogen-bond acceptors (Lipinski definition) is 3. The molecule has 1 unspecified atom stereocenters. The Balaban J connectivity index is 3.21. The molecule has 5 heteroatoms. The van der Waals surface area contributed by atoms with Gasteiger partial charge in [0.25, 0.3) is 0 Å². The van der Waals surface area contributed by atoms with Gasteiger partial charge < -0.3 is 4.89 Å². The first-order valence-corrected chi connectivity index (χ1v) is 8.17. The van der Waals surface area contributed by atoms with Gasteiger partial charge in [0.15, 0.2) is 0 Å². The molecule has 0 rings (SSSR count). The molecule has 0 heterocycles. The van der Waals surface area contributed by atoms with E-state index < -0.39 is 7.82 Å². The van der Waals surface area contributed by atoms with Crippen LogP contribution in [0.25, 0.3) is 0 Å². The molecule has 106 valence electrons. The molecule has 0 spiro atoms. The fourth-order valence-corrected chi connectivity index (χ4v) is 2.35. The Labute approximate surface area is 111 Å². The van der Waals surface area contributed by atoms with E-state index in [1.807, 2.05) is 0 Å². The van der Waals surface area contributed by atoms with Crippen LogP contribution in [0.4, 0.5) is 0 Å². The maximum atomic E-state index is 11.1. The molecule has 0 aliphatic carbocycles. The molecule has 0 aromatic heterocycles. The van der Waals surface area contributed by atoms with Crippen molar-refractivity contribution in [3.8, 4) is 12.3 Å². The van der Waals surface area contributed by atoms with Crippen molar-refractivity contribution in [2.24, 2.45) is 0 Å². The third kappa shape index (κ3) is 12.1. The second-order valence-corrected chi connectivity index (χ2v) is 5.60. The van der Waals surface area contributed by atoms with Crippen molar-refractivity contribution in [3.05, 3.63) is 0 Å². The molecular formula is C13H25O4P. The first-order valence-electron chi connectivity index (χ1n) is 6.67. The molecule has 0 aromatic carbocycles. The number of terminal acetylenes is 1. The topological polar surface area (TPSA) is 55.8 Å². The zero-order chi connectivity index (χ0) is 13.7. The van der Waals surface area contributed by atoms with Gasteiger partial charge in [0.2, 0.25) is 0 Å². The van der Waals surface area contributed by atoms with Crippen LogP contribution in [0.1, 0.15) is 58.3 Å². The summed E-state index contributed by atoms with van der Waals surface area (Å²) in [7, 11) is -3.79. The molecular weight excluding hydrogens is 251 g/mol. The summed E-state index contributed by atoms with van der Waals surface area (Å²) < 4.78 is 20.5. The van der Waals surface area contributed by atoms with Crippen LogP contribution in [0.5, 0.6) is 0 Å². The van der Waals surface area contributed by atoms with E-state index in [2.05, 4.69) is 10.4 Å². The minimum atomic E-state index is -3.79. The van der Waals surface area contributed by atoms with Gasteiger partial charge in [-0.15, -0.1) is 12.3 Å². The Hall–Kier alpha value is -0.330. The van der Waals surface area contributed by atoms with Gasteiger partial charge in [-0.3, -0.25) is 9.05 Å². The van der Waals surface area contributed by atoms with E-state index in [4.69, 9.17) is 15.8 Å². The quantitative estimate of drug-likeness (QED) is 0.334. The van der Waals surface area contributed by atoms with E-state index in [9.17, 15) is 4.57 Å². The summed E-state index contributed by atoms with van der Waals surface area (Å²) >= 11 is 0. The Morgan fingerprint density at radius 3 is 2.17 bits per heavy atom. The normalized spacial score (nSPS) is 14.1. The standard InChI is InChI=1S/C13H25O4P/c1-3-5-6-7-8-9-10-11-12-13-17-18(14,15)16-4-2/h1H,4-13H2,2H3,(H,14,15). The van der Waals surface area contributed by atoms with Crippen molar-refractivity contribution >= 4 is 7.82 Å². The lowest BCUT2D eigenvalue weighted by molar-refractivity contribution is 0.153. The average Bonchev–Trinajstić information content (AvgIpc) is 2.31. The minimum Gasteiger partial charge on any atom is -0.302 e. The lowest BCUT2D eigenvalue weighted by Gasteiger charge is -2.10. The highest BCUT2D eigenvalue weighted by Crippen LogP contribution is 2.42. The highest BCUT2D eigenvalue weighted by molar-refractivity contribution is 7.47. The maximum absolute atomic E-state index is 11.1. The van der Waals surface area contributed by atoms with E-state index in [-0.39, 0.29) is 13.2 Å². The first-order chi connectivity index (χ1) is 8.62. The fourth-order valence-electron chi connectivity index (χ4n) is 1.59. The molecule has 0 aromatic rings. The molecule has 0 aliphatic rings. The highest BCUT2D eigenvalue weighted by atomic mass is 31.2. The van der Waals surface area contributed by atoms with Gasteiger partial charge in [0.1, 0.15) is 0 Å². The molecule has 0 radical (unpaired) electrons. The largest absolute Gasteiger partial charge is 0.472 e. The summed E-state index contributed by atoms with van der Waals surface area (Å²) in [5.41, 5.74) is 0. The lowest BCUT2D eigenvalue weighted by atomic mass is 10.1. The number of phosphoric acid groups is 1. The highest BCUT2D eigenvalue weighted by Gasteiger charge is 2.18. The van der Waals surface area contributed by atoms with Gasteiger partial charge in [-0.25, -0.2) is 4.57 Å². The van der Waals surface area contributed by atoms with E-state index in [0.29, 0.717) is 0 Å². The maximum Gasteiger partial charge on any atom is 0.472 e. The van der Waals surface area contributed by atoms with Crippen LogP contribution in [0, 0.1) is 12.3 Å². The molecule has 0 aliphatic heterocycles. The number of phosphoric ester groups is 1. The van der Waals surface area contributed by atoms with Crippen LogP contribution < -0.4 is 0 Å². The van der Waals surface area contributed by atoms with Crippen molar-refractivity contribution in [2.75, 3.05) is 13.2 Å². The summed E-state index contributed by atoms with van der Waals surface area (Å²) in [5, 5.41) is 0. The molecule has 0 amide bonds. The van der Waals surface area contributed by atoms with E-state index in [1.54, 1.807) is 6.92 Å². The summed E-state index contributed by atoms with van der Waals surface area (Å²) in [6, 6.07) is 0. The Kier molecular flexibility index (Phi) is 11.5. The van der Waals surface area contributed by atoms with Crippen molar-refractivity contribution in [1.82, 2.24) is 0 Å². The van der Waals surface area contributed by atoms with Crippen molar-refractivity contribution in [1.29, 1.82) is 0 Å². The van der Waals surface area contributed by atoms with Gasteiger partial charge in [-0.2, -0.15) is 0 Å². The van der Waals surface area contributed by atoms with Crippen LogP contribution in [0.3, 0.4) is 0 Å². The number of hydrogen-bond donors (Lipinski definition) is 1. The molecule has 0 saturated carbocycles. The molecule has 1 N–H and O–H groups in total. The van der Waals surface area contributed by atoms with E-state index >= 15 is 0 Å². The van der Waals surface area contributed by atoms with E-state index in [0.717, 1.165) is 32.1 Å². The Morgan fingerprint density at radius 2 is 1.61 bits per heavy atom. The van der Waals surface area contributed by atoms with E-state index in [1.165, 1.54) is 19.3 Å². The summed E-state index contributed by atoms with van der Waals surface area (Å²) in [5.74, 6) is 2.63. The summed E-state index contributed by atoms with van der Waals surface area (Å²) in [4.78, 5) is 9.13. The van der Waals surface area contributed by atoms with Crippen LogP contribution in [-0.4, -0.2) is 18.1 Å². The van der Waals surface area contributed by atoms with Gasteiger partial charge in [0, 0.05) is 6.42 Å². The van der Waals surface area contributed by atoms with Crippen LogP contribution in [-0.2, 0) is 13.6 Å². The third-order valence-corrected chi connectivity index (χ3v) is 3.61. The summed E-state index contributed by atoms with van der Waals surface area (Å²) in [6.45, 7) is 2.13. The van der Waals surface area contributed by atoms with Gasteiger partial charge >= 0.3 is 7.82 Å². The Morgan fingerprint density at radius 1 is 1.06 bits per heavy atom. The molecule has 0 bridgehead atoms. The monoisotopic (exact) mass is 276 g/mol. The van der Waals surface area contributed by atoms with Gasteiger partial charge in [-0.05, 0) is 19.8 Å². The Bertz CT molecular complexity index is 273. The van der Waals surface area contributed by atoms with Crippen molar-refractivity contribution in [2.45, 2.75) is 58.3 Å². The first kappa shape index (κ1) is 17.7. The molecule has 4 nitrogen and oxygen atoms in total. The van der Waals surface area contributed by atoms with Crippen LogP contribution >= 0.6 is 7.82 Å². The molecule has 18 heavy (non-hydrogen) atoms. The summed E-state index contributed by atoms with van der Waals surface area (Å²) in [6.07, 6.45) is 13.7. The van der Waals surface area contributed by atoms with Crippen molar-refractivity contribution < 1.29 is 18.5 Å². The molecule has 1 atom stereocenters. The average molecular weight is 276 g/mol. The minimum absolute atomic E-state index is 0.186. The zero-order valence-corrected chi connectivity index (χ0v) is 12.2. The van der Waals surface area contributed by atoms with Crippen LogP contribution in [0.15, 0.2) is 0 Å². The second kappa shape index (κ2) is 11.7. The second-order valence-electron chi connectivity index (χ2n) is 4.15. The van der Waals surface area contributed by atoms with Crippen molar-refractivity contribution in [3.63, 3.8) is 0 Å². The number of unbranched alkanes of at least 4 members (excludes halogenated alkanes) is 7. The SMILES string of the molecule is C#CCCCCCCCCCOP(=O)(O)OCC. The predicted octanol–water partition coefficient (Wildman–Crippen LogP) is 3.89. The van der Waals surface area contributed by atoms with Gasteiger partial charge in [0.05, 0.1) is 13.2 Å².